The SMILES string of the molecule is COC(=O)[C@H](NC(=O)CC/C(C)=C/Cc1c(O)c2c(c(C)c1OC)COC2=O)C(C)O. The Labute approximate surface area is 181 Å². The van der Waals surface area contributed by atoms with Gasteiger partial charge in [0.1, 0.15) is 23.7 Å². The number of carbonyl (C=O) groups is 3. The van der Waals surface area contributed by atoms with Crippen molar-refractivity contribution in [2.45, 2.75) is 58.8 Å². The van der Waals surface area contributed by atoms with E-state index in [0.717, 1.165) is 11.1 Å². The van der Waals surface area contributed by atoms with E-state index < -0.39 is 30.0 Å². The van der Waals surface area contributed by atoms with E-state index in [-0.39, 0.29) is 24.3 Å². The van der Waals surface area contributed by atoms with E-state index in [9.17, 15) is 24.6 Å². The third-order valence-corrected chi connectivity index (χ3v) is 5.30. The number of aliphatic hydroxyl groups excluding tert-OH is 1. The predicted molar refractivity (Wildman–Crippen MR) is 111 cm³/mol. The Morgan fingerprint density at radius 3 is 2.55 bits per heavy atom. The Kier molecular flexibility index (Phi) is 8.04. The van der Waals surface area contributed by atoms with Crippen molar-refractivity contribution in [3.63, 3.8) is 0 Å². The quantitative estimate of drug-likeness (QED) is 0.394. The molecule has 1 aliphatic rings. The van der Waals surface area contributed by atoms with Gasteiger partial charge >= 0.3 is 11.9 Å². The fourth-order valence-corrected chi connectivity index (χ4v) is 3.47. The number of carbonyl (C=O) groups excluding carboxylic acids is 3. The Morgan fingerprint density at radius 2 is 1.97 bits per heavy atom. The zero-order valence-electron chi connectivity index (χ0n) is 18.4. The maximum Gasteiger partial charge on any atom is 0.342 e. The van der Waals surface area contributed by atoms with Crippen LogP contribution in [-0.2, 0) is 32.1 Å². The molecule has 0 saturated heterocycles. The van der Waals surface area contributed by atoms with Crippen LogP contribution in [0.4, 0.5) is 0 Å². The summed E-state index contributed by atoms with van der Waals surface area (Å²) in [5.74, 6) is -1.34. The number of fused-ring (bicyclic) bond motifs is 1. The van der Waals surface area contributed by atoms with Gasteiger partial charge in [0.25, 0.3) is 0 Å². The topological polar surface area (TPSA) is 131 Å². The molecule has 1 aromatic carbocycles. The number of hydrogen-bond donors (Lipinski definition) is 3. The highest BCUT2D eigenvalue weighted by atomic mass is 16.5. The Hall–Kier alpha value is -3.07. The standard InChI is InChI=1S/C22H29NO8/c1-11(7-9-16(25)23-18(13(3)24)22(28)30-5)6-8-14-19(26)17-15(10-31-21(17)27)12(2)20(14)29-4/h6,13,18,24,26H,7-10H2,1-5H3,(H,23,25)/b11-6+/t13?,18-/m1/s1. The highest BCUT2D eigenvalue weighted by Crippen LogP contribution is 2.42. The molecule has 0 saturated carbocycles. The van der Waals surface area contributed by atoms with Crippen LogP contribution < -0.4 is 10.1 Å². The van der Waals surface area contributed by atoms with E-state index in [1.54, 1.807) is 0 Å². The summed E-state index contributed by atoms with van der Waals surface area (Å²) in [6.07, 6.45) is 1.54. The van der Waals surface area contributed by atoms with E-state index in [2.05, 4.69) is 10.1 Å². The Bertz CT molecular complexity index is 904. The third-order valence-electron chi connectivity index (χ3n) is 5.30. The predicted octanol–water partition coefficient (Wildman–Crippen LogP) is 1.69. The highest BCUT2D eigenvalue weighted by molar-refractivity contribution is 5.98. The van der Waals surface area contributed by atoms with Gasteiger partial charge in [0.05, 0.1) is 20.3 Å². The molecule has 0 bridgehead atoms. The lowest BCUT2D eigenvalue weighted by Gasteiger charge is -2.19. The average Bonchev–Trinajstić information content (AvgIpc) is 3.13. The number of rotatable bonds is 9. The number of phenols is 1. The van der Waals surface area contributed by atoms with Crippen LogP contribution in [0.2, 0.25) is 0 Å². The Balaban J connectivity index is 2.09. The molecule has 1 amide bonds. The molecule has 1 aliphatic heterocycles. The van der Waals surface area contributed by atoms with Crippen molar-refractivity contribution < 1.29 is 38.8 Å². The molecule has 2 atom stereocenters. The fraction of sp³-hybridized carbons (Fsp3) is 0.500. The van der Waals surface area contributed by atoms with Crippen LogP contribution in [0, 0.1) is 6.92 Å². The van der Waals surface area contributed by atoms with Crippen LogP contribution in [0.5, 0.6) is 11.5 Å². The zero-order valence-corrected chi connectivity index (χ0v) is 18.4. The molecule has 0 fully saturated rings. The number of ether oxygens (including phenoxy) is 3. The van der Waals surface area contributed by atoms with E-state index in [1.807, 2.05) is 19.9 Å². The number of benzene rings is 1. The second-order valence-corrected chi connectivity index (χ2v) is 7.48. The van der Waals surface area contributed by atoms with Crippen molar-refractivity contribution in [3.05, 3.63) is 33.9 Å². The first kappa shape index (κ1) is 24.2. The lowest BCUT2D eigenvalue weighted by Crippen LogP contribution is -2.48. The fourth-order valence-electron chi connectivity index (χ4n) is 3.47. The smallest absolute Gasteiger partial charge is 0.342 e. The first-order valence-corrected chi connectivity index (χ1v) is 9.91. The Morgan fingerprint density at radius 1 is 1.29 bits per heavy atom. The van der Waals surface area contributed by atoms with Gasteiger partial charge in [0.15, 0.2) is 6.04 Å². The summed E-state index contributed by atoms with van der Waals surface area (Å²) in [6.45, 7) is 5.13. The van der Waals surface area contributed by atoms with Crippen LogP contribution in [-0.4, -0.2) is 54.4 Å². The van der Waals surface area contributed by atoms with Gasteiger partial charge in [0.2, 0.25) is 5.91 Å². The van der Waals surface area contributed by atoms with Gasteiger partial charge in [-0.05, 0) is 39.2 Å². The van der Waals surface area contributed by atoms with Crippen LogP contribution in [0.25, 0.3) is 0 Å². The van der Waals surface area contributed by atoms with Gasteiger partial charge in [-0.1, -0.05) is 11.6 Å². The van der Waals surface area contributed by atoms with E-state index in [1.165, 1.54) is 21.1 Å². The minimum Gasteiger partial charge on any atom is -0.507 e. The third kappa shape index (κ3) is 5.35. The van der Waals surface area contributed by atoms with Crippen molar-refractivity contribution in [1.29, 1.82) is 0 Å². The van der Waals surface area contributed by atoms with E-state index in [0.29, 0.717) is 29.7 Å². The molecule has 1 heterocycles. The van der Waals surface area contributed by atoms with Gasteiger partial charge in [-0.2, -0.15) is 0 Å². The van der Waals surface area contributed by atoms with Crippen LogP contribution in [0.3, 0.4) is 0 Å². The molecule has 170 valence electrons. The number of aliphatic hydroxyl groups is 1. The number of esters is 2. The monoisotopic (exact) mass is 435 g/mol. The van der Waals surface area contributed by atoms with Crippen LogP contribution in [0.15, 0.2) is 11.6 Å². The molecule has 0 aliphatic carbocycles. The van der Waals surface area contributed by atoms with Crippen LogP contribution >= 0.6 is 0 Å². The number of amides is 1. The lowest BCUT2D eigenvalue weighted by molar-refractivity contribution is -0.148. The first-order valence-electron chi connectivity index (χ1n) is 9.91. The summed E-state index contributed by atoms with van der Waals surface area (Å²) in [4.78, 5) is 35.8. The van der Waals surface area contributed by atoms with Crippen molar-refractivity contribution in [2.24, 2.45) is 0 Å². The zero-order chi connectivity index (χ0) is 23.3. The van der Waals surface area contributed by atoms with Gasteiger partial charge < -0.3 is 29.7 Å². The van der Waals surface area contributed by atoms with E-state index in [4.69, 9.17) is 9.47 Å². The molecule has 31 heavy (non-hydrogen) atoms. The minimum atomic E-state index is -1.13. The summed E-state index contributed by atoms with van der Waals surface area (Å²) >= 11 is 0. The summed E-state index contributed by atoms with van der Waals surface area (Å²) in [5, 5.41) is 22.7. The number of phenolic OH excluding ortho intramolecular Hbond substituents is 1. The number of methoxy groups -OCH3 is 2. The molecule has 9 heteroatoms. The molecular formula is C22H29NO8. The van der Waals surface area contributed by atoms with Gasteiger partial charge in [0, 0.05) is 17.5 Å². The number of nitrogens with one attached hydrogen (secondary N) is 1. The van der Waals surface area contributed by atoms with Crippen molar-refractivity contribution in [1.82, 2.24) is 5.32 Å². The lowest BCUT2D eigenvalue weighted by atomic mass is 9.94. The molecule has 3 N–H and O–H groups in total. The molecule has 1 aromatic rings. The van der Waals surface area contributed by atoms with Crippen molar-refractivity contribution in [3.8, 4) is 11.5 Å². The number of cyclic esters (lactones) is 1. The molecular weight excluding hydrogens is 406 g/mol. The summed E-state index contributed by atoms with van der Waals surface area (Å²) < 4.78 is 15.1. The van der Waals surface area contributed by atoms with Crippen molar-refractivity contribution in [2.75, 3.05) is 14.2 Å². The molecule has 2 rings (SSSR count). The average molecular weight is 435 g/mol. The second-order valence-electron chi connectivity index (χ2n) is 7.48. The minimum absolute atomic E-state index is 0.0984. The van der Waals surface area contributed by atoms with Crippen molar-refractivity contribution >= 4 is 17.8 Å². The summed E-state index contributed by atoms with van der Waals surface area (Å²) in [7, 11) is 2.68. The number of hydrogen-bond acceptors (Lipinski definition) is 8. The highest BCUT2D eigenvalue weighted by Gasteiger charge is 2.32. The normalized spacial score (nSPS) is 15.0. The van der Waals surface area contributed by atoms with E-state index >= 15 is 0 Å². The number of aromatic hydroxyl groups is 1. The largest absolute Gasteiger partial charge is 0.507 e. The van der Waals surface area contributed by atoms with Crippen LogP contribution in [0.1, 0.15) is 53.7 Å². The van der Waals surface area contributed by atoms with Gasteiger partial charge in [-0.3, -0.25) is 4.79 Å². The second kappa shape index (κ2) is 10.3. The number of allylic oxidation sites excluding steroid dienone is 2. The first-order chi connectivity index (χ1) is 14.6. The molecule has 0 spiro atoms. The molecule has 0 aromatic heterocycles. The van der Waals surface area contributed by atoms with Gasteiger partial charge in [-0.15, -0.1) is 0 Å². The maximum absolute atomic E-state index is 12.2. The van der Waals surface area contributed by atoms with Gasteiger partial charge in [-0.25, -0.2) is 9.59 Å². The molecule has 1 unspecified atom stereocenters. The maximum atomic E-state index is 12.2. The molecule has 0 radical (unpaired) electrons. The summed E-state index contributed by atoms with van der Waals surface area (Å²) in [6, 6.07) is -1.13. The summed E-state index contributed by atoms with van der Waals surface area (Å²) in [5.41, 5.74) is 2.88. The molecule has 9 nitrogen and oxygen atoms in total.